The Bertz CT molecular complexity index is 1570. The summed E-state index contributed by atoms with van der Waals surface area (Å²) in [6, 6.07) is 17.6. The lowest BCUT2D eigenvalue weighted by atomic mass is 9.83. The lowest BCUT2D eigenvalue weighted by molar-refractivity contribution is -0.132. The Morgan fingerprint density at radius 1 is 0.923 bits per heavy atom. The predicted molar refractivity (Wildman–Crippen MR) is 146 cm³/mol. The fraction of sp³-hybridized carbons (Fsp3) is 0.200. The molecule has 2 fully saturated rings. The van der Waals surface area contributed by atoms with Gasteiger partial charge in [0.2, 0.25) is 11.8 Å². The van der Waals surface area contributed by atoms with E-state index in [0.717, 1.165) is 16.0 Å². The Balaban J connectivity index is 1.44. The highest BCUT2D eigenvalue weighted by molar-refractivity contribution is 9.10. The third kappa shape index (κ3) is 3.96. The third-order valence-electron chi connectivity index (χ3n) is 7.52. The molecule has 0 bridgehead atoms. The van der Waals surface area contributed by atoms with Crippen LogP contribution in [-0.2, 0) is 14.4 Å². The van der Waals surface area contributed by atoms with E-state index >= 15 is 0 Å². The number of hydrogen-bond donors (Lipinski definition) is 0. The van der Waals surface area contributed by atoms with Crippen molar-refractivity contribution < 1.29 is 28.7 Å². The third-order valence-corrected chi connectivity index (χ3v) is 8.14. The second-order valence-corrected chi connectivity index (χ2v) is 10.5. The fourth-order valence-electron chi connectivity index (χ4n) is 5.93. The first-order valence-corrected chi connectivity index (χ1v) is 13.2. The molecular formula is C30H23BrN2O6. The van der Waals surface area contributed by atoms with Crippen LogP contribution in [0.4, 0.5) is 5.69 Å². The quantitative estimate of drug-likeness (QED) is 0.184. The molecule has 39 heavy (non-hydrogen) atoms. The van der Waals surface area contributed by atoms with E-state index in [4.69, 9.17) is 9.47 Å². The fourth-order valence-corrected chi connectivity index (χ4v) is 6.47. The maximum absolute atomic E-state index is 14.1. The Morgan fingerprint density at radius 2 is 1.64 bits per heavy atom. The van der Waals surface area contributed by atoms with Gasteiger partial charge in [-0.25, -0.2) is 4.90 Å². The highest BCUT2D eigenvalue weighted by atomic mass is 79.9. The number of ketones is 1. The molecule has 9 heteroatoms. The number of halogens is 1. The summed E-state index contributed by atoms with van der Waals surface area (Å²) < 4.78 is 11.0. The monoisotopic (exact) mass is 586 g/mol. The van der Waals surface area contributed by atoms with E-state index in [1.54, 1.807) is 37.4 Å². The van der Waals surface area contributed by atoms with E-state index in [1.807, 2.05) is 41.4 Å². The zero-order chi connectivity index (χ0) is 27.4. The molecule has 3 aromatic rings. The van der Waals surface area contributed by atoms with Gasteiger partial charge in [0.15, 0.2) is 5.78 Å². The summed E-state index contributed by atoms with van der Waals surface area (Å²) in [6.07, 6.45) is 3.74. The molecule has 8 nitrogen and oxygen atoms in total. The van der Waals surface area contributed by atoms with Crippen molar-refractivity contribution in [3.63, 3.8) is 0 Å². The summed E-state index contributed by atoms with van der Waals surface area (Å²) >= 11 is 3.45. The van der Waals surface area contributed by atoms with Gasteiger partial charge < -0.3 is 14.4 Å². The molecule has 0 N–H and O–H groups in total. The van der Waals surface area contributed by atoms with Crippen molar-refractivity contribution in [1.29, 1.82) is 0 Å². The minimum absolute atomic E-state index is 0.256. The number of carbonyl (C=O) groups excluding carboxylic acids is 4. The molecule has 4 atom stereocenters. The molecule has 2 amide bonds. The van der Waals surface area contributed by atoms with Crippen molar-refractivity contribution in [1.82, 2.24) is 4.90 Å². The summed E-state index contributed by atoms with van der Waals surface area (Å²) in [6.45, 7) is 1.29. The van der Waals surface area contributed by atoms with E-state index in [-0.39, 0.29) is 11.7 Å². The van der Waals surface area contributed by atoms with Crippen LogP contribution < -0.4 is 14.4 Å². The second kappa shape index (κ2) is 9.50. The smallest absolute Gasteiger partial charge is 0.308 e. The number of nitrogens with zero attached hydrogens (tertiary/aromatic N) is 2. The van der Waals surface area contributed by atoms with Gasteiger partial charge in [0.25, 0.3) is 0 Å². The molecule has 3 heterocycles. The minimum Gasteiger partial charge on any atom is -0.496 e. The molecule has 0 radical (unpaired) electrons. The average molecular weight is 587 g/mol. The van der Waals surface area contributed by atoms with Crippen molar-refractivity contribution >= 4 is 51.3 Å². The largest absolute Gasteiger partial charge is 0.496 e. The van der Waals surface area contributed by atoms with Crippen LogP contribution in [0.5, 0.6) is 11.5 Å². The molecule has 0 aromatic heterocycles. The number of fused-ring (bicyclic) bond motifs is 5. The van der Waals surface area contributed by atoms with Gasteiger partial charge in [0, 0.05) is 18.7 Å². The lowest BCUT2D eigenvalue weighted by Gasteiger charge is -2.35. The van der Waals surface area contributed by atoms with Crippen LogP contribution in [0.15, 0.2) is 77.4 Å². The molecular weight excluding hydrogens is 564 g/mol. The molecule has 196 valence electrons. The van der Waals surface area contributed by atoms with Crippen LogP contribution >= 0.6 is 15.9 Å². The van der Waals surface area contributed by atoms with Crippen molar-refractivity contribution in [3.05, 3.63) is 94.1 Å². The molecule has 6 rings (SSSR count). The number of imide groups is 1. The zero-order valence-electron chi connectivity index (χ0n) is 21.0. The standard InChI is InChI=1S/C30H23BrN2O6/c1-16(34)39-20-10-8-19(9-11-20)33-29(36)24-25(30(33)37)27(28(35)18-7-12-23(38-2)22(31)15-18)32-14-13-17-5-3-4-6-21(17)26(24)32/h3-15,24-27H,1-2H3/t24-,25-,26-,27+/m1/s1. The maximum atomic E-state index is 14.1. The summed E-state index contributed by atoms with van der Waals surface area (Å²) in [5.74, 6) is -2.29. The summed E-state index contributed by atoms with van der Waals surface area (Å²) in [7, 11) is 1.54. The van der Waals surface area contributed by atoms with Crippen LogP contribution in [0.25, 0.3) is 6.08 Å². The van der Waals surface area contributed by atoms with E-state index in [1.165, 1.54) is 19.1 Å². The first-order valence-electron chi connectivity index (χ1n) is 12.4. The lowest BCUT2D eigenvalue weighted by Crippen LogP contribution is -2.44. The Morgan fingerprint density at radius 3 is 2.33 bits per heavy atom. The van der Waals surface area contributed by atoms with E-state index in [9.17, 15) is 19.2 Å². The second-order valence-electron chi connectivity index (χ2n) is 9.65. The number of rotatable bonds is 5. The summed E-state index contributed by atoms with van der Waals surface area (Å²) in [5.41, 5.74) is 2.61. The van der Waals surface area contributed by atoms with Crippen molar-refractivity contribution in [2.24, 2.45) is 11.8 Å². The number of benzene rings is 3. The summed E-state index contributed by atoms with van der Waals surface area (Å²) in [4.78, 5) is 56.4. The first kappa shape index (κ1) is 25.1. The van der Waals surface area contributed by atoms with Gasteiger partial charge in [-0.15, -0.1) is 0 Å². The number of hydrogen-bond acceptors (Lipinski definition) is 7. The van der Waals surface area contributed by atoms with Crippen LogP contribution in [0.2, 0.25) is 0 Å². The number of anilines is 1. The molecule has 0 spiro atoms. The Hall–Kier alpha value is -4.24. The molecule has 0 saturated carbocycles. The van der Waals surface area contributed by atoms with Gasteiger partial charge in [-0.3, -0.25) is 19.2 Å². The van der Waals surface area contributed by atoms with Gasteiger partial charge in [0.05, 0.1) is 35.1 Å². The maximum Gasteiger partial charge on any atom is 0.308 e. The predicted octanol–water partition coefficient (Wildman–Crippen LogP) is 4.78. The van der Waals surface area contributed by atoms with Crippen LogP contribution in [0.1, 0.15) is 34.5 Å². The molecule has 0 aliphatic carbocycles. The van der Waals surface area contributed by atoms with Gasteiger partial charge >= 0.3 is 5.97 Å². The number of ether oxygens (including phenoxy) is 2. The molecule has 0 unspecified atom stereocenters. The topological polar surface area (TPSA) is 93.2 Å². The minimum atomic E-state index is -0.889. The van der Waals surface area contributed by atoms with E-state index < -0.39 is 35.8 Å². The highest BCUT2D eigenvalue weighted by Gasteiger charge is 2.64. The Labute approximate surface area is 232 Å². The molecule has 3 aliphatic heterocycles. The van der Waals surface area contributed by atoms with Gasteiger partial charge in [-0.05, 0) is 75.6 Å². The van der Waals surface area contributed by atoms with Crippen LogP contribution in [0.3, 0.4) is 0 Å². The number of methoxy groups -OCH3 is 1. The number of esters is 1. The van der Waals surface area contributed by atoms with Crippen molar-refractivity contribution in [3.8, 4) is 11.5 Å². The van der Waals surface area contributed by atoms with Crippen LogP contribution in [-0.4, -0.2) is 41.6 Å². The molecule has 3 aromatic carbocycles. The van der Waals surface area contributed by atoms with E-state index in [0.29, 0.717) is 27.2 Å². The average Bonchev–Trinajstić information content (AvgIpc) is 3.40. The summed E-state index contributed by atoms with van der Waals surface area (Å²) in [5, 5.41) is 0. The van der Waals surface area contributed by atoms with Crippen molar-refractivity contribution in [2.45, 2.75) is 19.0 Å². The normalized spacial score (nSPS) is 22.8. The molecule has 3 aliphatic rings. The SMILES string of the molecule is COc1ccc(C(=O)[C@@H]2[C@@H]3C(=O)N(c4ccc(OC(C)=O)cc4)C(=O)[C@H]3[C@H]3c4ccccc4C=CN23)cc1Br. The van der Waals surface area contributed by atoms with Crippen LogP contribution in [0, 0.1) is 11.8 Å². The van der Waals surface area contributed by atoms with Gasteiger partial charge in [0.1, 0.15) is 17.5 Å². The number of carbonyl (C=O) groups is 4. The van der Waals surface area contributed by atoms with Gasteiger partial charge in [-0.1, -0.05) is 24.3 Å². The number of amides is 2. The van der Waals surface area contributed by atoms with E-state index in [2.05, 4.69) is 15.9 Å². The Kier molecular flexibility index (Phi) is 6.10. The van der Waals surface area contributed by atoms with Crippen molar-refractivity contribution in [2.75, 3.05) is 12.0 Å². The number of Topliss-reactive ketones (excluding diaryl/α,β-unsaturated/α-hetero) is 1. The molecule has 2 saturated heterocycles. The zero-order valence-corrected chi connectivity index (χ0v) is 22.6. The van der Waals surface area contributed by atoms with Gasteiger partial charge in [-0.2, -0.15) is 0 Å². The first-order chi connectivity index (χ1) is 18.8. The highest BCUT2D eigenvalue weighted by Crippen LogP contribution is 2.53.